The Balaban J connectivity index is 1.70. The second-order valence-electron chi connectivity index (χ2n) is 7.79. The van der Waals surface area contributed by atoms with Gasteiger partial charge in [0.05, 0.1) is 16.2 Å². The lowest BCUT2D eigenvalue weighted by atomic mass is 9.96. The van der Waals surface area contributed by atoms with Crippen molar-refractivity contribution in [3.8, 4) is 0 Å². The molecule has 0 saturated heterocycles. The van der Waals surface area contributed by atoms with Gasteiger partial charge in [0.1, 0.15) is 6.61 Å². The molecule has 10 heteroatoms. The number of sulfonamides is 1. The van der Waals surface area contributed by atoms with Crippen LogP contribution in [-0.4, -0.2) is 40.9 Å². The Kier molecular flexibility index (Phi) is 6.80. The van der Waals surface area contributed by atoms with Gasteiger partial charge in [-0.05, 0) is 37.1 Å². The smallest absolute Gasteiger partial charge is 0.338 e. The molecule has 0 spiro atoms. The van der Waals surface area contributed by atoms with Crippen molar-refractivity contribution in [1.29, 1.82) is 0 Å². The number of esters is 1. The maximum atomic E-state index is 12.9. The van der Waals surface area contributed by atoms with E-state index in [-0.39, 0.29) is 28.8 Å². The largest absolute Gasteiger partial charge is 0.456 e. The average molecular weight is 450 g/mol. The van der Waals surface area contributed by atoms with E-state index < -0.39 is 27.2 Å². The molecule has 2 aromatic rings. The Bertz CT molecular complexity index is 1180. The van der Waals surface area contributed by atoms with Crippen molar-refractivity contribution < 1.29 is 17.9 Å². The van der Waals surface area contributed by atoms with Gasteiger partial charge in [-0.2, -0.15) is 4.31 Å². The van der Waals surface area contributed by atoms with Crippen LogP contribution in [-0.2, 0) is 35.5 Å². The molecule has 0 unspecified atom stereocenters. The highest BCUT2D eigenvalue weighted by atomic mass is 32.2. The van der Waals surface area contributed by atoms with Gasteiger partial charge in [0.25, 0.3) is 5.56 Å². The van der Waals surface area contributed by atoms with Gasteiger partial charge in [0.2, 0.25) is 10.0 Å². The molecule has 31 heavy (non-hydrogen) atoms. The standard InChI is InChI=1S/C21H27N3O6S/c1-22-17(13-19(25)23(2)21(22)27)14-30-20(26)15-9-11-18(12-10-15)31(28,29)24(3)16-7-5-4-6-8-16/h9-13,16H,4-8,14H2,1-3H3. The maximum absolute atomic E-state index is 12.9. The van der Waals surface area contributed by atoms with E-state index in [0.717, 1.165) is 36.7 Å². The van der Waals surface area contributed by atoms with Crippen molar-refractivity contribution >= 4 is 16.0 Å². The molecule has 1 aromatic carbocycles. The Morgan fingerprint density at radius 1 is 1.06 bits per heavy atom. The fourth-order valence-electron chi connectivity index (χ4n) is 3.71. The number of rotatable bonds is 6. The van der Waals surface area contributed by atoms with Crippen molar-refractivity contribution in [2.45, 2.75) is 49.6 Å². The first-order valence-electron chi connectivity index (χ1n) is 10.1. The van der Waals surface area contributed by atoms with Crippen molar-refractivity contribution in [2.24, 2.45) is 14.1 Å². The van der Waals surface area contributed by atoms with Gasteiger partial charge in [-0.15, -0.1) is 0 Å². The van der Waals surface area contributed by atoms with Crippen LogP contribution in [0, 0.1) is 0 Å². The minimum Gasteiger partial charge on any atom is -0.456 e. The predicted molar refractivity (Wildman–Crippen MR) is 114 cm³/mol. The first-order valence-corrected chi connectivity index (χ1v) is 11.6. The van der Waals surface area contributed by atoms with E-state index in [1.807, 2.05) is 0 Å². The molecule has 1 heterocycles. The number of ether oxygens (including phenoxy) is 1. The second kappa shape index (κ2) is 9.19. The minimum atomic E-state index is -3.65. The minimum absolute atomic E-state index is 0.00591. The molecule has 1 saturated carbocycles. The highest BCUT2D eigenvalue weighted by molar-refractivity contribution is 7.89. The van der Waals surface area contributed by atoms with Crippen molar-refractivity contribution in [3.63, 3.8) is 0 Å². The fraction of sp³-hybridized carbons (Fsp3) is 0.476. The molecule has 0 atom stereocenters. The summed E-state index contributed by atoms with van der Waals surface area (Å²) in [6.45, 7) is -0.259. The number of nitrogens with zero attached hydrogens (tertiary/aromatic N) is 3. The molecule has 0 N–H and O–H groups in total. The lowest BCUT2D eigenvalue weighted by Crippen LogP contribution is -2.38. The van der Waals surface area contributed by atoms with Gasteiger partial charge in [-0.3, -0.25) is 13.9 Å². The summed E-state index contributed by atoms with van der Waals surface area (Å²) in [5, 5.41) is 0. The molecule has 0 radical (unpaired) electrons. The van der Waals surface area contributed by atoms with Gasteiger partial charge in [0, 0.05) is 33.3 Å². The van der Waals surface area contributed by atoms with E-state index in [1.165, 1.54) is 53.3 Å². The third kappa shape index (κ3) is 4.80. The van der Waals surface area contributed by atoms with Crippen LogP contribution >= 0.6 is 0 Å². The van der Waals surface area contributed by atoms with E-state index in [0.29, 0.717) is 0 Å². The maximum Gasteiger partial charge on any atom is 0.338 e. The van der Waals surface area contributed by atoms with E-state index in [1.54, 1.807) is 7.05 Å². The number of carbonyl (C=O) groups excluding carboxylic acids is 1. The zero-order chi connectivity index (χ0) is 22.8. The van der Waals surface area contributed by atoms with Gasteiger partial charge >= 0.3 is 11.7 Å². The quantitative estimate of drug-likeness (QED) is 0.617. The molecule has 9 nitrogen and oxygen atoms in total. The number of hydrogen-bond acceptors (Lipinski definition) is 6. The van der Waals surface area contributed by atoms with Crippen LogP contribution in [0.5, 0.6) is 0 Å². The van der Waals surface area contributed by atoms with E-state index in [4.69, 9.17) is 4.74 Å². The molecule has 0 aliphatic heterocycles. The van der Waals surface area contributed by atoms with Crippen LogP contribution in [0.25, 0.3) is 0 Å². The summed E-state index contributed by atoms with van der Waals surface area (Å²) in [4.78, 5) is 36.2. The summed E-state index contributed by atoms with van der Waals surface area (Å²) in [6, 6.07) is 6.79. The lowest BCUT2D eigenvalue weighted by Gasteiger charge is -2.30. The molecular weight excluding hydrogens is 422 g/mol. The SMILES string of the molecule is CN(C1CCCCC1)S(=O)(=O)c1ccc(C(=O)OCc2cc(=O)n(C)c(=O)n2C)cc1. The molecule has 0 amide bonds. The highest BCUT2D eigenvalue weighted by Gasteiger charge is 2.29. The third-order valence-corrected chi connectivity index (χ3v) is 7.76. The van der Waals surface area contributed by atoms with Gasteiger partial charge < -0.3 is 4.74 Å². The monoisotopic (exact) mass is 449 g/mol. The molecule has 3 rings (SSSR count). The van der Waals surface area contributed by atoms with Crippen LogP contribution in [0.3, 0.4) is 0 Å². The first kappa shape index (κ1) is 23.0. The summed E-state index contributed by atoms with van der Waals surface area (Å²) >= 11 is 0. The van der Waals surface area contributed by atoms with Crippen LogP contribution in [0.2, 0.25) is 0 Å². The highest BCUT2D eigenvalue weighted by Crippen LogP contribution is 2.26. The van der Waals surface area contributed by atoms with Crippen LogP contribution in [0.4, 0.5) is 0 Å². The number of hydrogen-bond donors (Lipinski definition) is 0. The van der Waals surface area contributed by atoms with Gasteiger partial charge in [-0.25, -0.2) is 18.0 Å². The Morgan fingerprint density at radius 2 is 1.68 bits per heavy atom. The normalized spacial score (nSPS) is 15.2. The van der Waals surface area contributed by atoms with E-state index >= 15 is 0 Å². The lowest BCUT2D eigenvalue weighted by molar-refractivity contribution is 0.0462. The van der Waals surface area contributed by atoms with Crippen molar-refractivity contribution in [2.75, 3.05) is 7.05 Å². The van der Waals surface area contributed by atoms with Crippen LogP contribution in [0.15, 0.2) is 44.8 Å². The molecule has 1 aromatic heterocycles. The number of carbonyl (C=O) groups is 1. The zero-order valence-corrected chi connectivity index (χ0v) is 18.7. The molecule has 1 fully saturated rings. The Morgan fingerprint density at radius 3 is 2.29 bits per heavy atom. The summed E-state index contributed by atoms with van der Waals surface area (Å²) in [5.41, 5.74) is -0.580. The summed E-state index contributed by atoms with van der Waals surface area (Å²) in [5.74, 6) is -0.683. The van der Waals surface area contributed by atoms with Gasteiger partial charge in [0.15, 0.2) is 0 Å². The summed E-state index contributed by atoms with van der Waals surface area (Å²) < 4.78 is 34.6. The molecular formula is C21H27N3O6S. The van der Waals surface area contributed by atoms with E-state index in [9.17, 15) is 22.8 Å². The zero-order valence-electron chi connectivity index (χ0n) is 17.9. The average Bonchev–Trinajstić information content (AvgIpc) is 2.79. The Hall–Kier alpha value is -2.72. The van der Waals surface area contributed by atoms with Crippen molar-refractivity contribution in [3.05, 3.63) is 62.4 Å². The van der Waals surface area contributed by atoms with E-state index in [2.05, 4.69) is 0 Å². The molecule has 1 aliphatic rings. The van der Waals surface area contributed by atoms with Crippen LogP contribution < -0.4 is 11.2 Å². The number of aromatic nitrogens is 2. The first-order chi connectivity index (χ1) is 14.6. The summed E-state index contributed by atoms with van der Waals surface area (Å²) in [6.07, 6.45) is 4.88. The molecule has 0 bridgehead atoms. The molecule has 1 aliphatic carbocycles. The van der Waals surface area contributed by atoms with Gasteiger partial charge in [-0.1, -0.05) is 19.3 Å². The second-order valence-corrected chi connectivity index (χ2v) is 9.79. The third-order valence-electron chi connectivity index (χ3n) is 5.83. The topological polar surface area (TPSA) is 108 Å². The van der Waals surface area contributed by atoms with Crippen LogP contribution in [0.1, 0.15) is 48.2 Å². The van der Waals surface area contributed by atoms with Crippen molar-refractivity contribution in [1.82, 2.24) is 13.4 Å². The fourth-order valence-corrected chi connectivity index (χ4v) is 5.13. The number of benzene rings is 1. The molecule has 168 valence electrons. The Labute approximate surface area is 180 Å². The summed E-state index contributed by atoms with van der Waals surface area (Å²) in [7, 11) is 0.792. The predicted octanol–water partition coefficient (Wildman–Crippen LogP) is 1.39.